The van der Waals surface area contributed by atoms with Gasteiger partial charge in [0, 0.05) is 13.0 Å². The van der Waals surface area contributed by atoms with Gasteiger partial charge in [0.15, 0.2) is 0 Å². The molecule has 1 aliphatic rings. The lowest BCUT2D eigenvalue weighted by atomic mass is 9.97. The summed E-state index contributed by atoms with van der Waals surface area (Å²) in [5, 5.41) is 3.22. The summed E-state index contributed by atoms with van der Waals surface area (Å²) >= 11 is 0. The highest BCUT2D eigenvalue weighted by Crippen LogP contribution is 2.19. The molecule has 1 amide bonds. The fraction of sp³-hybridized carbons (Fsp3) is 0.727. The van der Waals surface area contributed by atoms with Crippen molar-refractivity contribution in [3.8, 4) is 0 Å². The fourth-order valence-electron chi connectivity index (χ4n) is 1.72. The van der Waals surface area contributed by atoms with Crippen molar-refractivity contribution < 1.29 is 4.79 Å². The third-order valence-electron chi connectivity index (χ3n) is 2.56. The normalized spacial score (nSPS) is 16.4. The van der Waals surface area contributed by atoms with Crippen LogP contribution in [-0.4, -0.2) is 19.0 Å². The number of nitrogens with one attached hydrogen (secondary N) is 1. The van der Waals surface area contributed by atoms with Gasteiger partial charge in [-0.2, -0.15) is 0 Å². The molecule has 0 saturated heterocycles. The number of rotatable bonds is 6. The molecule has 0 aromatic carbocycles. The van der Waals surface area contributed by atoms with Crippen LogP contribution in [0, 0.1) is 0 Å². The second-order valence-corrected chi connectivity index (χ2v) is 3.82. The van der Waals surface area contributed by atoms with Crippen LogP contribution >= 0.6 is 0 Å². The predicted octanol–water partition coefficient (Wildman–Crippen LogP) is 1.34. The highest BCUT2D eigenvalue weighted by atomic mass is 16.1. The SMILES string of the molecule is NC(=O)CCNCCC1=CCCCC1. The Labute approximate surface area is 85.7 Å². The van der Waals surface area contributed by atoms with Gasteiger partial charge in [0.05, 0.1) is 0 Å². The van der Waals surface area contributed by atoms with Gasteiger partial charge < -0.3 is 11.1 Å². The van der Waals surface area contributed by atoms with Gasteiger partial charge >= 0.3 is 0 Å². The zero-order chi connectivity index (χ0) is 10.2. The first-order chi connectivity index (χ1) is 6.79. The highest BCUT2D eigenvalue weighted by Gasteiger charge is 2.02. The maximum Gasteiger partial charge on any atom is 0.218 e. The summed E-state index contributed by atoms with van der Waals surface area (Å²) in [6, 6.07) is 0. The zero-order valence-electron chi connectivity index (χ0n) is 8.72. The lowest BCUT2D eigenvalue weighted by molar-refractivity contribution is -0.117. The predicted molar refractivity (Wildman–Crippen MR) is 57.8 cm³/mol. The average Bonchev–Trinajstić information content (AvgIpc) is 2.18. The van der Waals surface area contributed by atoms with Crippen LogP contribution in [0.1, 0.15) is 38.5 Å². The van der Waals surface area contributed by atoms with Crippen molar-refractivity contribution in [2.24, 2.45) is 5.73 Å². The molecule has 0 bridgehead atoms. The molecule has 3 N–H and O–H groups in total. The number of carbonyl (C=O) groups excluding carboxylic acids is 1. The van der Waals surface area contributed by atoms with E-state index in [4.69, 9.17) is 5.73 Å². The van der Waals surface area contributed by atoms with Gasteiger partial charge in [-0.05, 0) is 38.6 Å². The van der Waals surface area contributed by atoms with E-state index < -0.39 is 0 Å². The number of carbonyl (C=O) groups is 1. The molecule has 3 heteroatoms. The number of amides is 1. The first-order valence-corrected chi connectivity index (χ1v) is 5.46. The van der Waals surface area contributed by atoms with Gasteiger partial charge in [0.1, 0.15) is 0 Å². The topological polar surface area (TPSA) is 55.1 Å². The van der Waals surface area contributed by atoms with Crippen LogP contribution in [0.25, 0.3) is 0 Å². The van der Waals surface area contributed by atoms with E-state index in [1.54, 1.807) is 5.57 Å². The first-order valence-electron chi connectivity index (χ1n) is 5.46. The largest absolute Gasteiger partial charge is 0.370 e. The van der Waals surface area contributed by atoms with Crippen molar-refractivity contribution in [3.05, 3.63) is 11.6 Å². The summed E-state index contributed by atoms with van der Waals surface area (Å²) in [5.74, 6) is -0.227. The van der Waals surface area contributed by atoms with Crippen LogP contribution < -0.4 is 11.1 Å². The maximum absolute atomic E-state index is 10.4. The van der Waals surface area contributed by atoms with Crippen LogP contribution in [-0.2, 0) is 4.79 Å². The second-order valence-electron chi connectivity index (χ2n) is 3.82. The molecule has 14 heavy (non-hydrogen) atoms. The average molecular weight is 196 g/mol. The molecule has 80 valence electrons. The molecule has 0 aromatic rings. The Kier molecular flexibility index (Phi) is 5.30. The summed E-state index contributed by atoms with van der Waals surface area (Å²) in [6.45, 7) is 1.68. The molecule has 1 aliphatic carbocycles. The van der Waals surface area contributed by atoms with E-state index in [1.165, 1.54) is 25.7 Å². The molecular formula is C11H20N2O. The second kappa shape index (κ2) is 6.60. The Morgan fingerprint density at radius 1 is 1.43 bits per heavy atom. The zero-order valence-corrected chi connectivity index (χ0v) is 8.72. The van der Waals surface area contributed by atoms with Gasteiger partial charge in [-0.15, -0.1) is 0 Å². The molecule has 0 radical (unpaired) electrons. The number of hydrogen-bond acceptors (Lipinski definition) is 2. The van der Waals surface area contributed by atoms with Crippen molar-refractivity contribution in [1.82, 2.24) is 5.32 Å². The summed E-state index contributed by atoms with van der Waals surface area (Å²) in [6.07, 6.45) is 9.12. The monoisotopic (exact) mass is 196 g/mol. The number of primary amides is 1. The standard InChI is InChI=1S/C11H20N2O/c12-11(14)7-9-13-8-6-10-4-2-1-3-5-10/h4,13H,1-3,5-9H2,(H2,12,14). The van der Waals surface area contributed by atoms with E-state index in [2.05, 4.69) is 11.4 Å². The van der Waals surface area contributed by atoms with Crippen molar-refractivity contribution >= 4 is 5.91 Å². The molecule has 3 nitrogen and oxygen atoms in total. The van der Waals surface area contributed by atoms with Gasteiger partial charge in [0.25, 0.3) is 0 Å². The molecule has 0 unspecified atom stereocenters. The third kappa shape index (κ3) is 5.02. The van der Waals surface area contributed by atoms with Gasteiger partial charge in [-0.1, -0.05) is 11.6 Å². The van der Waals surface area contributed by atoms with Crippen molar-refractivity contribution in [2.75, 3.05) is 13.1 Å². The molecule has 0 aliphatic heterocycles. The molecule has 0 heterocycles. The minimum Gasteiger partial charge on any atom is -0.370 e. The number of hydrogen-bond donors (Lipinski definition) is 2. The van der Waals surface area contributed by atoms with Gasteiger partial charge in [-0.25, -0.2) is 0 Å². The molecule has 0 fully saturated rings. The van der Waals surface area contributed by atoms with Crippen LogP contribution in [0.4, 0.5) is 0 Å². The first kappa shape index (κ1) is 11.2. The van der Waals surface area contributed by atoms with E-state index in [-0.39, 0.29) is 5.91 Å². The van der Waals surface area contributed by atoms with E-state index in [9.17, 15) is 4.79 Å². The minimum atomic E-state index is -0.227. The van der Waals surface area contributed by atoms with Crippen LogP contribution in [0.2, 0.25) is 0 Å². The maximum atomic E-state index is 10.4. The Bertz CT molecular complexity index is 211. The van der Waals surface area contributed by atoms with Crippen molar-refractivity contribution in [1.29, 1.82) is 0 Å². The number of allylic oxidation sites excluding steroid dienone is 1. The van der Waals surface area contributed by atoms with Gasteiger partial charge in [-0.3, -0.25) is 4.79 Å². The van der Waals surface area contributed by atoms with E-state index in [1.807, 2.05) is 0 Å². The Hall–Kier alpha value is -0.830. The van der Waals surface area contributed by atoms with Crippen molar-refractivity contribution in [2.45, 2.75) is 38.5 Å². The lowest BCUT2D eigenvalue weighted by Gasteiger charge is -2.12. The Morgan fingerprint density at radius 2 is 2.29 bits per heavy atom. The summed E-state index contributed by atoms with van der Waals surface area (Å²) in [4.78, 5) is 10.4. The summed E-state index contributed by atoms with van der Waals surface area (Å²) < 4.78 is 0. The van der Waals surface area contributed by atoms with Crippen LogP contribution in [0.3, 0.4) is 0 Å². The Morgan fingerprint density at radius 3 is 2.93 bits per heavy atom. The van der Waals surface area contributed by atoms with E-state index in [0.29, 0.717) is 13.0 Å². The summed E-state index contributed by atoms with van der Waals surface area (Å²) in [5.41, 5.74) is 6.60. The third-order valence-corrected chi connectivity index (χ3v) is 2.56. The smallest absolute Gasteiger partial charge is 0.218 e. The fourth-order valence-corrected chi connectivity index (χ4v) is 1.72. The Balaban J connectivity index is 1.98. The lowest BCUT2D eigenvalue weighted by Crippen LogP contribution is -2.23. The highest BCUT2D eigenvalue weighted by molar-refractivity contribution is 5.73. The molecule has 0 saturated carbocycles. The van der Waals surface area contributed by atoms with Crippen LogP contribution in [0.15, 0.2) is 11.6 Å². The van der Waals surface area contributed by atoms with E-state index in [0.717, 1.165) is 13.0 Å². The summed E-state index contributed by atoms with van der Waals surface area (Å²) in [7, 11) is 0. The molecule has 1 rings (SSSR count). The minimum absolute atomic E-state index is 0.227. The van der Waals surface area contributed by atoms with E-state index >= 15 is 0 Å². The van der Waals surface area contributed by atoms with Crippen molar-refractivity contribution in [3.63, 3.8) is 0 Å². The molecular weight excluding hydrogens is 176 g/mol. The quantitative estimate of drug-likeness (QED) is 0.497. The molecule has 0 aromatic heterocycles. The molecule has 0 spiro atoms. The van der Waals surface area contributed by atoms with Crippen LogP contribution in [0.5, 0.6) is 0 Å². The number of nitrogens with two attached hydrogens (primary N) is 1. The van der Waals surface area contributed by atoms with Gasteiger partial charge in [0.2, 0.25) is 5.91 Å². The molecule has 0 atom stereocenters.